The fraction of sp³-hybridized carbons (Fsp3) is 1.00. The van der Waals surface area contributed by atoms with Crippen LogP contribution in [0.3, 0.4) is 0 Å². The lowest BCUT2D eigenvalue weighted by molar-refractivity contribution is -0.940. The van der Waals surface area contributed by atoms with Crippen molar-refractivity contribution in [3.63, 3.8) is 0 Å². The highest BCUT2D eigenvalue weighted by molar-refractivity contribution is 4.69. The van der Waals surface area contributed by atoms with Crippen LogP contribution < -0.4 is 0 Å². The molecule has 0 N–H and O–H groups in total. The van der Waals surface area contributed by atoms with Crippen LogP contribution in [0.15, 0.2) is 0 Å². The van der Waals surface area contributed by atoms with Gasteiger partial charge in [0, 0.05) is 0 Å². The van der Waals surface area contributed by atoms with E-state index in [9.17, 15) is 0 Å². The summed E-state index contributed by atoms with van der Waals surface area (Å²) in [5.74, 6) is 0. The first-order valence-electron chi connectivity index (χ1n) is 29.9. The lowest BCUT2D eigenvalue weighted by atomic mass is 9.91. The van der Waals surface area contributed by atoms with Gasteiger partial charge in [0.05, 0.1) is 26.2 Å². The van der Waals surface area contributed by atoms with E-state index in [0.717, 1.165) is 12.1 Å². The van der Waals surface area contributed by atoms with Gasteiger partial charge in [-0.2, -0.15) is 0 Å². The van der Waals surface area contributed by atoms with Gasteiger partial charge in [-0.05, 0) is 51.4 Å². The molecule has 0 bridgehead atoms. The molecule has 0 aliphatic rings. The second-order valence-electron chi connectivity index (χ2n) is 21.6. The minimum Gasteiger partial charge on any atom is -0.324 e. The van der Waals surface area contributed by atoms with Crippen LogP contribution in [0.2, 0.25) is 0 Å². The predicted octanol–water partition coefficient (Wildman–Crippen LogP) is 22.2. The third kappa shape index (κ3) is 43.6. The summed E-state index contributed by atoms with van der Waals surface area (Å²) in [6.07, 6.45) is 76.3. The summed E-state index contributed by atoms with van der Waals surface area (Å²) in [7, 11) is 5.44. The molecule has 1 heteroatoms. The van der Waals surface area contributed by atoms with Crippen LogP contribution in [0.4, 0.5) is 0 Å². The molecule has 0 aromatic heterocycles. The van der Waals surface area contributed by atoms with Gasteiger partial charge in [-0.15, -0.1) is 0 Å². The van der Waals surface area contributed by atoms with Crippen molar-refractivity contribution in [1.29, 1.82) is 0 Å². The van der Waals surface area contributed by atoms with Crippen LogP contribution in [0.5, 0.6) is 0 Å². The molecule has 0 radical (unpaired) electrons. The summed E-state index contributed by atoms with van der Waals surface area (Å²) in [6.45, 7) is 9.34. The minimum atomic E-state index is 0.867. The van der Waals surface area contributed by atoms with Crippen LogP contribution in [0.1, 0.15) is 362 Å². The van der Waals surface area contributed by atoms with E-state index in [4.69, 9.17) is 0 Å². The molecule has 0 aliphatic carbocycles. The third-order valence-corrected chi connectivity index (χ3v) is 15.4. The van der Waals surface area contributed by atoms with Crippen LogP contribution in [0, 0.1) is 0 Å². The van der Waals surface area contributed by atoms with Crippen molar-refractivity contribution in [3.05, 3.63) is 0 Å². The molecule has 0 amide bonds. The van der Waals surface area contributed by atoms with Gasteiger partial charge in [-0.25, -0.2) is 0 Å². The van der Waals surface area contributed by atoms with Gasteiger partial charge in [0.25, 0.3) is 0 Å². The van der Waals surface area contributed by atoms with E-state index >= 15 is 0 Å². The van der Waals surface area contributed by atoms with Crippen molar-refractivity contribution in [2.45, 2.75) is 374 Å². The summed E-state index contributed by atoms with van der Waals surface area (Å²) in [5.41, 5.74) is 0. The maximum atomic E-state index is 2.72. The normalized spacial score (nSPS) is 12.2. The van der Waals surface area contributed by atoms with Crippen LogP contribution >= 0.6 is 0 Å². The van der Waals surface area contributed by atoms with Crippen LogP contribution in [-0.2, 0) is 0 Å². The standard InChI is InChI=1S/C60H124N/c1-7-11-15-19-23-27-31-35-39-43-47-51-55-59(56-52-48-44-40-36-32-28-24-20-16-12-8-2)61(5,6)60(57-53-49-45-41-37-33-29-25-21-17-13-9-3)58-54-50-46-42-38-34-30-26-22-18-14-10-4/h59-60H,7-58H2,1-6H3/q+1. The first kappa shape index (κ1) is 61.0. The van der Waals surface area contributed by atoms with Gasteiger partial charge in [0.15, 0.2) is 0 Å². The SMILES string of the molecule is CCCCCCCCCCCCCCC(CCCCCCCCCCCCCC)[N+](C)(C)C(CCCCCCCCCCCCCC)CCCCCCCCCCCCCC. The quantitative estimate of drug-likeness (QED) is 0.0422. The van der Waals surface area contributed by atoms with Crippen LogP contribution in [0.25, 0.3) is 0 Å². The van der Waals surface area contributed by atoms with E-state index < -0.39 is 0 Å². The monoisotopic (exact) mass is 859 g/mol. The van der Waals surface area contributed by atoms with Gasteiger partial charge >= 0.3 is 0 Å². The minimum absolute atomic E-state index is 0.867. The first-order valence-corrected chi connectivity index (χ1v) is 29.9. The predicted molar refractivity (Wildman–Crippen MR) is 282 cm³/mol. The number of quaternary nitrogens is 1. The number of rotatable bonds is 54. The van der Waals surface area contributed by atoms with E-state index in [0.29, 0.717) is 0 Å². The van der Waals surface area contributed by atoms with Crippen molar-refractivity contribution in [2.75, 3.05) is 14.1 Å². The molecule has 0 aromatic rings. The molecule has 0 atom stereocenters. The molecule has 0 saturated heterocycles. The van der Waals surface area contributed by atoms with E-state index in [-0.39, 0.29) is 0 Å². The summed E-state index contributed by atoms with van der Waals surface area (Å²) in [4.78, 5) is 0. The fourth-order valence-corrected chi connectivity index (χ4v) is 10.8. The van der Waals surface area contributed by atoms with E-state index in [2.05, 4.69) is 41.8 Å². The summed E-state index contributed by atoms with van der Waals surface area (Å²) in [5, 5.41) is 0. The Morgan fingerprint density at radius 2 is 0.295 bits per heavy atom. The molecular formula is C60H124N+. The largest absolute Gasteiger partial charge is 0.324 e. The summed E-state index contributed by atoms with van der Waals surface area (Å²) < 4.78 is 1.33. The highest BCUT2D eigenvalue weighted by Crippen LogP contribution is 2.30. The molecule has 0 aromatic carbocycles. The Hall–Kier alpha value is -0.0400. The molecule has 1 nitrogen and oxygen atoms in total. The number of unbranched alkanes of at least 4 members (excludes halogenated alkanes) is 44. The Morgan fingerprint density at radius 3 is 0.426 bits per heavy atom. The average molecular weight is 860 g/mol. The Balaban J connectivity index is 5.10. The molecule has 61 heavy (non-hydrogen) atoms. The fourth-order valence-electron chi connectivity index (χ4n) is 10.8. The summed E-state index contributed by atoms with van der Waals surface area (Å²) >= 11 is 0. The maximum absolute atomic E-state index is 2.72. The molecule has 0 fully saturated rings. The van der Waals surface area contributed by atoms with E-state index in [1.165, 1.54) is 338 Å². The van der Waals surface area contributed by atoms with Gasteiger partial charge in [-0.1, -0.05) is 310 Å². The van der Waals surface area contributed by atoms with E-state index in [1.54, 1.807) is 0 Å². The van der Waals surface area contributed by atoms with Gasteiger partial charge in [0.1, 0.15) is 0 Å². The number of nitrogens with zero attached hydrogens (tertiary/aromatic N) is 1. The van der Waals surface area contributed by atoms with Crippen molar-refractivity contribution in [2.24, 2.45) is 0 Å². The molecule has 0 saturated carbocycles. The third-order valence-electron chi connectivity index (χ3n) is 15.4. The Labute approximate surface area is 390 Å². The molecule has 368 valence electrons. The second-order valence-corrected chi connectivity index (χ2v) is 21.6. The van der Waals surface area contributed by atoms with Crippen molar-refractivity contribution in [1.82, 2.24) is 0 Å². The maximum Gasteiger partial charge on any atom is 0.0888 e. The van der Waals surface area contributed by atoms with E-state index in [1.807, 2.05) is 0 Å². The zero-order valence-corrected chi connectivity index (χ0v) is 44.4. The molecule has 0 rings (SSSR count). The zero-order valence-electron chi connectivity index (χ0n) is 44.4. The van der Waals surface area contributed by atoms with Crippen molar-refractivity contribution in [3.8, 4) is 0 Å². The molecule has 0 unspecified atom stereocenters. The van der Waals surface area contributed by atoms with Crippen LogP contribution in [-0.4, -0.2) is 30.7 Å². The molecule has 0 heterocycles. The lowest BCUT2D eigenvalue weighted by Gasteiger charge is -2.45. The molecule has 0 spiro atoms. The lowest BCUT2D eigenvalue weighted by Crippen LogP contribution is -2.55. The van der Waals surface area contributed by atoms with Gasteiger partial charge < -0.3 is 4.48 Å². The molecule has 0 aliphatic heterocycles. The Bertz CT molecular complexity index is 653. The first-order chi connectivity index (χ1) is 30.0. The molecular weight excluding hydrogens is 735 g/mol. The zero-order chi connectivity index (χ0) is 44.4. The number of hydrogen-bond acceptors (Lipinski definition) is 0. The van der Waals surface area contributed by atoms with Crippen molar-refractivity contribution < 1.29 is 4.48 Å². The Morgan fingerprint density at radius 1 is 0.180 bits per heavy atom. The summed E-state index contributed by atoms with van der Waals surface area (Å²) in [6, 6.07) is 1.73. The second kappa shape index (κ2) is 51.0. The van der Waals surface area contributed by atoms with Crippen molar-refractivity contribution >= 4 is 0 Å². The smallest absolute Gasteiger partial charge is 0.0888 e. The number of hydrogen-bond donors (Lipinski definition) is 0. The van der Waals surface area contributed by atoms with Gasteiger partial charge in [0.2, 0.25) is 0 Å². The topological polar surface area (TPSA) is 0 Å². The van der Waals surface area contributed by atoms with Gasteiger partial charge in [-0.3, -0.25) is 0 Å². The highest BCUT2D eigenvalue weighted by atomic mass is 15.4. The average Bonchev–Trinajstić information content (AvgIpc) is 3.26. The Kier molecular flexibility index (Phi) is 50.9. The highest BCUT2D eigenvalue weighted by Gasteiger charge is 2.35.